The van der Waals surface area contributed by atoms with E-state index in [2.05, 4.69) is 34.1 Å². The van der Waals surface area contributed by atoms with Crippen molar-refractivity contribution in [2.24, 2.45) is 11.8 Å². The highest BCUT2D eigenvalue weighted by atomic mass is 16.5. The van der Waals surface area contributed by atoms with Crippen LogP contribution in [0.4, 0.5) is 0 Å². The molecule has 2 aliphatic rings. The number of aromatic amines is 1. The van der Waals surface area contributed by atoms with Crippen LogP contribution in [0.2, 0.25) is 0 Å². The van der Waals surface area contributed by atoms with E-state index in [9.17, 15) is 4.79 Å². The number of hydrogen-bond donors (Lipinski definition) is 1. The maximum absolute atomic E-state index is 12.8. The van der Waals surface area contributed by atoms with Crippen molar-refractivity contribution in [2.75, 3.05) is 26.3 Å². The predicted octanol–water partition coefficient (Wildman–Crippen LogP) is 3.38. The van der Waals surface area contributed by atoms with Gasteiger partial charge < -0.3 is 14.6 Å². The lowest BCUT2D eigenvalue weighted by atomic mass is 9.98. The molecule has 2 aromatic rings. The van der Waals surface area contributed by atoms with Crippen LogP contribution in [0.15, 0.2) is 30.5 Å². The van der Waals surface area contributed by atoms with E-state index in [0.29, 0.717) is 18.4 Å². The summed E-state index contributed by atoms with van der Waals surface area (Å²) >= 11 is 0. The zero-order valence-corrected chi connectivity index (χ0v) is 14.2. The van der Waals surface area contributed by atoms with Gasteiger partial charge in [0.1, 0.15) is 0 Å². The van der Waals surface area contributed by atoms with Gasteiger partial charge in [-0.15, -0.1) is 0 Å². The molecule has 4 nitrogen and oxygen atoms in total. The SMILES string of the molecule is O=C(C1CCCC1)N1CCOCC(Cc2ccc3[nH]ccc3c2)C1. The van der Waals surface area contributed by atoms with Gasteiger partial charge >= 0.3 is 0 Å². The van der Waals surface area contributed by atoms with Crippen LogP contribution in [-0.4, -0.2) is 42.1 Å². The normalized spacial score (nSPS) is 22.8. The fourth-order valence-corrected chi connectivity index (χ4v) is 4.20. The Morgan fingerprint density at radius 3 is 3.00 bits per heavy atom. The molecular weight excluding hydrogens is 300 g/mol. The molecular formula is C20H26N2O2. The summed E-state index contributed by atoms with van der Waals surface area (Å²) < 4.78 is 5.79. The molecule has 1 aromatic heterocycles. The van der Waals surface area contributed by atoms with Gasteiger partial charge in [0, 0.05) is 36.6 Å². The molecule has 1 unspecified atom stereocenters. The standard InChI is InChI=1S/C20H26N2O2/c23-20(17-3-1-2-4-17)22-9-10-24-14-16(13-22)11-15-5-6-19-18(12-15)7-8-21-19/h5-8,12,16-17,21H,1-4,9-11,13-14H2. The summed E-state index contributed by atoms with van der Waals surface area (Å²) in [5.41, 5.74) is 2.50. The van der Waals surface area contributed by atoms with Gasteiger partial charge in [-0.25, -0.2) is 0 Å². The van der Waals surface area contributed by atoms with E-state index in [-0.39, 0.29) is 5.92 Å². The van der Waals surface area contributed by atoms with Gasteiger partial charge in [-0.05, 0) is 48.4 Å². The number of amides is 1. The van der Waals surface area contributed by atoms with Crippen molar-refractivity contribution < 1.29 is 9.53 Å². The Balaban J connectivity index is 1.44. The molecule has 24 heavy (non-hydrogen) atoms. The first-order valence-electron chi connectivity index (χ1n) is 9.22. The van der Waals surface area contributed by atoms with Crippen LogP contribution in [0.3, 0.4) is 0 Å². The van der Waals surface area contributed by atoms with Crippen molar-refractivity contribution in [3.8, 4) is 0 Å². The van der Waals surface area contributed by atoms with E-state index < -0.39 is 0 Å². The van der Waals surface area contributed by atoms with Gasteiger partial charge in [0.05, 0.1) is 13.2 Å². The molecule has 1 N–H and O–H groups in total. The summed E-state index contributed by atoms with van der Waals surface area (Å²) in [6, 6.07) is 8.69. The van der Waals surface area contributed by atoms with E-state index >= 15 is 0 Å². The summed E-state index contributed by atoms with van der Waals surface area (Å²) in [5, 5.41) is 1.25. The molecule has 2 fully saturated rings. The highest BCUT2D eigenvalue weighted by Gasteiger charge is 2.30. The first-order valence-corrected chi connectivity index (χ1v) is 9.22. The maximum Gasteiger partial charge on any atom is 0.225 e. The fourth-order valence-electron chi connectivity index (χ4n) is 4.20. The largest absolute Gasteiger partial charge is 0.379 e. The number of H-pyrrole nitrogens is 1. The molecule has 1 aliphatic carbocycles. The van der Waals surface area contributed by atoms with Crippen LogP contribution < -0.4 is 0 Å². The Hall–Kier alpha value is -1.81. The molecule has 128 valence electrons. The minimum atomic E-state index is 0.264. The number of carbonyl (C=O) groups is 1. The third-order valence-electron chi connectivity index (χ3n) is 5.50. The number of rotatable bonds is 3. The molecule has 1 saturated carbocycles. The summed E-state index contributed by atoms with van der Waals surface area (Å²) in [5.74, 6) is 1.01. The molecule has 4 heteroatoms. The Labute approximate surface area is 143 Å². The monoisotopic (exact) mass is 326 g/mol. The van der Waals surface area contributed by atoms with Crippen molar-refractivity contribution >= 4 is 16.8 Å². The van der Waals surface area contributed by atoms with E-state index in [1.54, 1.807) is 0 Å². The second kappa shape index (κ2) is 6.98. The number of nitrogens with one attached hydrogen (secondary N) is 1. The third-order valence-corrected chi connectivity index (χ3v) is 5.50. The van der Waals surface area contributed by atoms with Crippen molar-refractivity contribution in [1.29, 1.82) is 0 Å². The van der Waals surface area contributed by atoms with Gasteiger partial charge in [0.2, 0.25) is 5.91 Å². The van der Waals surface area contributed by atoms with Crippen molar-refractivity contribution in [1.82, 2.24) is 9.88 Å². The number of fused-ring (bicyclic) bond motifs is 1. The van der Waals surface area contributed by atoms with Crippen LogP contribution in [0.25, 0.3) is 10.9 Å². The van der Waals surface area contributed by atoms with Gasteiger partial charge in [0.25, 0.3) is 0 Å². The molecule has 1 aromatic carbocycles. The second-order valence-electron chi connectivity index (χ2n) is 7.31. The van der Waals surface area contributed by atoms with Gasteiger partial charge in [0.15, 0.2) is 0 Å². The molecule has 1 atom stereocenters. The van der Waals surface area contributed by atoms with Crippen molar-refractivity contribution in [3.63, 3.8) is 0 Å². The molecule has 1 saturated heterocycles. The molecule has 0 bridgehead atoms. The zero-order chi connectivity index (χ0) is 16.4. The van der Waals surface area contributed by atoms with Gasteiger partial charge in [-0.2, -0.15) is 0 Å². The van der Waals surface area contributed by atoms with Crippen LogP contribution >= 0.6 is 0 Å². The van der Waals surface area contributed by atoms with Crippen molar-refractivity contribution in [2.45, 2.75) is 32.1 Å². The maximum atomic E-state index is 12.8. The number of aromatic nitrogens is 1. The molecule has 0 radical (unpaired) electrons. The summed E-state index contributed by atoms with van der Waals surface area (Å²) in [6.45, 7) is 3.01. The Kier molecular flexibility index (Phi) is 4.56. The highest BCUT2D eigenvalue weighted by Crippen LogP contribution is 2.27. The first-order chi connectivity index (χ1) is 11.8. The van der Waals surface area contributed by atoms with Crippen LogP contribution in [0, 0.1) is 11.8 Å². The predicted molar refractivity (Wildman–Crippen MR) is 94.8 cm³/mol. The van der Waals surface area contributed by atoms with Gasteiger partial charge in [-0.1, -0.05) is 18.9 Å². The number of benzene rings is 1. The number of nitrogens with zero attached hydrogens (tertiary/aromatic N) is 1. The van der Waals surface area contributed by atoms with Gasteiger partial charge in [-0.3, -0.25) is 4.79 Å². The first kappa shape index (κ1) is 15.7. The average Bonchev–Trinajstić information content (AvgIpc) is 3.23. The smallest absolute Gasteiger partial charge is 0.225 e. The fraction of sp³-hybridized carbons (Fsp3) is 0.550. The Morgan fingerprint density at radius 1 is 1.25 bits per heavy atom. The molecule has 1 amide bonds. The quantitative estimate of drug-likeness (QED) is 0.940. The van der Waals surface area contributed by atoms with Crippen LogP contribution in [0.1, 0.15) is 31.2 Å². The number of ether oxygens (including phenoxy) is 1. The lowest BCUT2D eigenvalue weighted by Gasteiger charge is -2.26. The molecule has 4 rings (SSSR count). The van der Waals surface area contributed by atoms with Crippen LogP contribution in [-0.2, 0) is 16.0 Å². The molecule has 2 heterocycles. The number of hydrogen-bond acceptors (Lipinski definition) is 2. The lowest BCUT2D eigenvalue weighted by molar-refractivity contribution is -0.135. The van der Waals surface area contributed by atoms with Crippen molar-refractivity contribution in [3.05, 3.63) is 36.0 Å². The zero-order valence-electron chi connectivity index (χ0n) is 14.2. The van der Waals surface area contributed by atoms with E-state index in [0.717, 1.165) is 39.0 Å². The van der Waals surface area contributed by atoms with E-state index in [1.807, 2.05) is 6.20 Å². The third kappa shape index (κ3) is 3.34. The van der Waals surface area contributed by atoms with E-state index in [1.165, 1.54) is 29.3 Å². The lowest BCUT2D eigenvalue weighted by Crippen LogP contribution is -2.39. The second-order valence-corrected chi connectivity index (χ2v) is 7.31. The number of carbonyl (C=O) groups excluding carboxylic acids is 1. The summed E-state index contributed by atoms with van der Waals surface area (Å²) in [7, 11) is 0. The highest BCUT2D eigenvalue weighted by molar-refractivity contribution is 5.80. The van der Waals surface area contributed by atoms with Crippen LogP contribution in [0.5, 0.6) is 0 Å². The molecule has 1 aliphatic heterocycles. The topological polar surface area (TPSA) is 45.3 Å². The summed E-state index contributed by atoms with van der Waals surface area (Å²) in [6.07, 6.45) is 7.51. The molecule has 0 spiro atoms. The van der Waals surface area contributed by atoms with E-state index in [4.69, 9.17) is 4.74 Å². The Bertz CT molecular complexity index is 702. The average molecular weight is 326 g/mol. The minimum absolute atomic E-state index is 0.264. The summed E-state index contributed by atoms with van der Waals surface area (Å²) in [4.78, 5) is 18.1. The minimum Gasteiger partial charge on any atom is -0.379 e. The Morgan fingerprint density at radius 2 is 2.12 bits per heavy atom.